The molecule has 13 N–H and O–H groups in total. The van der Waals surface area contributed by atoms with E-state index in [9.17, 15) is 0 Å². The van der Waals surface area contributed by atoms with Crippen LogP contribution >= 0.6 is 0 Å². The summed E-state index contributed by atoms with van der Waals surface area (Å²) in [5, 5.41) is 20.2. The molecule has 0 heterocycles. The maximum Gasteiger partial charge on any atom is 0.309 e. The van der Waals surface area contributed by atoms with Gasteiger partial charge in [0.05, 0.1) is 0 Å². The average Bonchev–Trinajstić information content (AvgIpc) is 3.19. The SMILES string of the molecule is C#CC#CC#CC#CC#CC#CC#CC#CC#CC#CC#CC#CC#CC#CC#CC#CC#C/C(=C/O)OO.NC(N)=O.NCCCCCNCCCCCN.O.[HH].[HH].[HH].[HH].[HH].[HH].[HH].[HH].[HH].[HH].[HH].[HH].[HH].[HH].[HH].[HH].[HH].[HH].[HH].[HH].[HH].[HH].[HH].[HH].[HH].[HH].[HH].[HH].[HH].[HH].[HH].[HH].[HH]. The number of nitrogens with one attached hydrogen (secondary N) is 1. The predicted molar refractivity (Wildman–Crippen MR) is 294 cm³/mol. The molecule has 0 aromatic heterocycles. The van der Waals surface area contributed by atoms with Crippen LogP contribution in [0.1, 0.15) is 85.6 Å². The Balaban J connectivity index is -0.0000000142. The summed E-state index contributed by atoms with van der Waals surface area (Å²) in [7, 11) is 0. The molecule has 0 aromatic carbocycles. The van der Waals surface area contributed by atoms with Gasteiger partial charge in [0.2, 0.25) is 5.76 Å². The quantitative estimate of drug-likeness (QED) is 0.0362. The number of carbonyl (C=O) groups excluding carboxylic acids is 1. The molecule has 0 spiro atoms. The second-order valence-corrected chi connectivity index (χ2v) is 8.58. The molecule has 0 bridgehead atoms. The van der Waals surface area contributed by atoms with Crippen molar-refractivity contribution in [1.82, 2.24) is 5.32 Å². The monoisotopic (exact) mass is 816 g/mol. The number of nitrogens with two attached hydrogens (primary N) is 4. The minimum absolute atomic E-state index is 0. The number of rotatable bonds is 11. The van der Waals surface area contributed by atoms with Crippen molar-refractivity contribution in [3.8, 4) is 202 Å². The highest BCUT2D eigenvalue weighted by atomic mass is 17.1. The molecule has 0 aliphatic carbocycles. The molecule has 344 valence electrons. The maximum absolute atomic E-state index is 9.00. The predicted octanol–water partition coefficient (Wildman–Crippen LogP) is 7.71. The Labute approximate surface area is 386 Å². The molecule has 0 aliphatic heterocycles. The lowest BCUT2D eigenvalue weighted by molar-refractivity contribution is -0.198. The van der Waals surface area contributed by atoms with Crippen LogP contribution in [0, 0.1) is 202 Å². The minimum atomic E-state index is -0.833. The topological polar surface area (TPSA) is 214 Å². The molecule has 0 unspecified atom stereocenters. The number of hydrogen-bond acceptors (Lipinski definition) is 7. The molecule has 0 radical (unpaired) electrons. The third kappa shape index (κ3) is 62.5. The Morgan fingerprint density at radius 3 is 0.965 bits per heavy atom. The standard InChI is InChI=1S/C36H4O3.C10H25N3.CH4N2O.H2O.33H2/c1-2-3-4-5-6-7-8-9-10-11-12-13-14-15-16-17-18-19-20-21-22-23-24-25-26-27-28-29-30-31-32-33-34-36(35-37)39-38;11-7-3-1-5-9-13-10-6-2-4-8-12;2-1(3)4;;;;;;;;;;;;;;;;;;;;;;;;;;;;;;;;;;/h1,35,37-38H;13H,1-12H2;(H4,2,3,4);1H2;33*1H/b36-35-;;;;;;;;;;;;;;;;;;;;;;;;;;;;;;;;;;;;. The van der Waals surface area contributed by atoms with Crippen molar-refractivity contribution in [1.29, 1.82) is 0 Å². The van der Waals surface area contributed by atoms with Gasteiger partial charge in [0.15, 0.2) is 0 Å². The first kappa shape index (κ1) is 54.7. The van der Waals surface area contributed by atoms with Crippen molar-refractivity contribution in [2.24, 2.45) is 22.9 Å². The first-order valence-electron chi connectivity index (χ1n) is 15.8. The van der Waals surface area contributed by atoms with E-state index in [-0.39, 0.29) is 58.3 Å². The highest BCUT2D eigenvalue weighted by molar-refractivity contribution is 5.69. The van der Waals surface area contributed by atoms with Crippen molar-refractivity contribution in [2.75, 3.05) is 26.2 Å². The number of urea groups is 1. The fourth-order valence-electron chi connectivity index (χ4n) is 2.38. The number of carbonyl (C=O) groups is 1. The molecule has 0 fully saturated rings. The van der Waals surface area contributed by atoms with Gasteiger partial charge in [-0.15, -0.1) is 6.42 Å². The number of primary amides is 2. The van der Waals surface area contributed by atoms with E-state index in [2.05, 4.69) is 217 Å². The van der Waals surface area contributed by atoms with Gasteiger partial charge in [-0.2, -0.15) is 0 Å². The van der Waals surface area contributed by atoms with Gasteiger partial charge in [-0.25, -0.2) is 10.1 Å². The molecule has 57 heavy (non-hydrogen) atoms. The van der Waals surface area contributed by atoms with Gasteiger partial charge < -0.3 is 43.7 Å². The van der Waals surface area contributed by atoms with E-state index >= 15 is 0 Å². The number of unbranched alkanes of at least 4 members (excludes halogenated alkanes) is 4. The van der Waals surface area contributed by atoms with Gasteiger partial charge in [-0.1, -0.05) is 12.8 Å². The summed E-state index contributed by atoms with van der Waals surface area (Å²) in [6.45, 7) is 3.94. The van der Waals surface area contributed by atoms with Crippen LogP contribution in [0.5, 0.6) is 0 Å². The summed E-state index contributed by atoms with van der Waals surface area (Å²) < 4.78 is 0. The van der Waals surface area contributed by atoms with Crippen LogP contribution in [0.3, 0.4) is 0 Å². The Morgan fingerprint density at radius 1 is 0.509 bits per heavy atom. The van der Waals surface area contributed by atoms with Gasteiger partial charge in [0.25, 0.3) is 0 Å². The van der Waals surface area contributed by atoms with Crippen LogP contribution in [0.4, 0.5) is 4.79 Å². The van der Waals surface area contributed by atoms with Gasteiger partial charge >= 0.3 is 6.03 Å². The largest absolute Gasteiger partial charge is 0.511 e. The van der Waals surface area contributed by atoms with Gasteiger partial charge in [0, 0.05) is 142 Å². The summed E-state index contributed by atoms with van der Waals surface area (Å²) >= 11 is 0. The van der Waals surface area contributed by atoms with Crippen molar-refractivity contribution in [3.05, 3.63) is 12.0 Å². The summed E-state index contributed by atoms with van der Waals surface area (Å²) in [6.07, 6.45) is 12.8. The summed E-state index contributed by atoms with van der Waals surface area (Å²) in [5.41, 5.74) is 19.3. The molecule has 10 heteroatoms. The molecule has 10 nitrogen and oxygen atoms in total. The number of aliphatic hydroxyl groups excluding tert-OH is 1. The van der Waals surface area contributed by atoms with Crippen LogP contribution in [0.2, 0.25) is 0 Å². The molecule has 0 aromatic rings. The minimum Gasteiger partial charge on any atom is -0.511 e. The fourth-order valence-corrected chi connectivity index (χ4v) is 2.38. The van der Waals surface area contributed by atoms with E-state index in [4.69, 9.17) is 33.0 Å². The highest BCUT2D eigenvalue weighted by Crippen LogP contribution is 1.93. The zero-order chi connectivity index (χ0) is 41.7. The smallest absolute Gasteiger partial charge is 0.309 e. The lowest BCUT2D eigenvalue weighted by atomic mass is 10.2. The van der Waals surface area contributed by atoms with Crippen LogP contribution in [0.15, 0.2) is 12.0 Å². The molecule has 2 amide bonds. The first-order valence-corrected chi connectivity index (χ1v) is 15.8. The van der Waals surface area contributed by atoms with Crippen LogP contribution in [0.25, 0.3) is 0 Å². The van der Waals surface area contributed by atoms with Crippen molar-refractivity contribution < 1.29 is 72.6 Å². The maximum atomic E-state index is 9.00. The molecule has 0 saturated carbocycles. The zero-order valence-electron chi connectivity index (χ0n) is 30.7. The summed E-state index contributed by atoms with van der Waals surface area (Å²) in [6, 6.07) is -0.833. The van der Waals surface area contributed by atoms with E-state index < -0.39 is 6.03 Å². The van der Waals surface area contributed by atoms with E-state index in [1.54, 1.807) is 0 Å². The number of aliphatic hydroxyl groups is 1. The highest BCUT2D eigenvalue weighted by Gasteiger charge is 1.89. The van der Waals surface area contributed by atoms with E-state index in [1.807, 2.05) is 0 Å². The van der Waals surface area contributed by atoms with Gasteiger partial charge in [0.1, 0.15) is 6.26 Å². The molecule has 0 atom stereocenters. The van der Waals surface area contributed by atoms with E-state index in [0.29, 0.717) is 6.26 Å². The number of hydrogen-bond donors (Lipinski definition) is 7. The number of amides is 2. The first-order chi connectivity index (χ1) is 27.5. The lowest BCUT2D eigenvalue weighted by Gasteiger charge is -2.03. The molecule has 0 rings (SSSR count). The molecule has 0 saturated heterocycles. The van der Waals surface area contributed by atoms with Crippen molar-refractivity contribution in [3.63, 3.8) is 0 Å². The normalized spacial score (nSPS) is 6.32. The summed E-state index contributed by atoms with van der Waals surface area (Å²) in [5.74, 6) is 79.8. The Bertz CT molecular complexity index is 2500. The van der Waals surface area contributed by atoms with E-state index in [0.717, 1.165) is 39.0 Å². The van der Waals surface area contributed by atoms with Gasteiger partial charge in [-0.3, -0.25) is 0 Å². The number of allylic oxidation sites excluding steroid dienone is 1. The Kier molecular flexibility index (Phi) is 51.6. The average molecular weight is 816 g/mol. The fraction of sp³-hybridized carbons (Fsp3) is 0.213. The lowest BCUT2D eigenvalue weighted by Crippen LogP contribution is -2.18. The Hall–Kier alpha value is -9.07. The number of terminal acetylenes is 1. The second kappa shape index (κ2) is 53.7. The molecule has 0 aliphatic rings. The molecular weight excluding hydrogens is 715 g/mol. The molecular formula is C47H101N5O5. The second-order valence-electron chi connectivity index (χ2n) is 8.58. The van der Waals surface area contributed by atoms with E-state index in [1.165, 1.54) is 25.7 Å². The van der Waals surface area contributed by atoms with Gasteiger partial charge in [-0.05, 0) is 153 Å². The third-order valence-electron chi connectivity index (χ3n) is 4.46. The zero-order valence-corrected chi connectivity index (χ0v) is 30.7. The van der Waals surface area contributed by atoms with Crippen LogP contribution < -0.4 is 28.3 Å². The van der Waals surface area contributed by atoms with Crippen LogP contribution in [-0.2, 0) is 4.89 Å². The van der Waals surface area contributed by atoms with Crippen molar-refractivity contribution >= 4 is 6.03 Å². The van der Waals surface area contributed by atoms with Crippen molar-refractivity contribution in [2.45, 2.75) is 38.5 Å². The van der Waals surface area contributed by atoms with Crippen LogP contribution in [-0.4, -0.2) is 48.1 Å². The third-order valence-corrected chi connectivity index (χ3v) is 4.46. The Morgan fingerprint density at radius 2 is 0.754 bits per heavy atom. The summed E-state index contributed by atoms with van der Waals surface area (Å²) in [4.78, 5) is 12.7.